The lowest BCUT2D eigenvalue weighted by Crippen LogP contribution is -2.07. The molecule has 2 aromatic carbocycles. The van der Waals surface area contributed by atoms with Crippen molar-refractivity contribution in [3.05, 3.63) is 68.6 Å². The highest BCUT2D eigenvalue weighted by Gasteiger charge is 2.13. The molecule has 7 nitrogen and oxygen atoms in total. The summed E-state index contributed by atoms with van der Waals surface area (Å²) in [5, 5.41) is 2.02. The van der Waals surface area contributed by atoms with E-state index in [1.807, 2.05) is 59.5 Å². The summed E-state index contributed by atoms with van der Waals surface area (Å²) in [5.41, 5.74) is 2.78. The number of halogens is 1. The average molecular weight is 559 g/mol. The highest BCUT2D eigenvalue weighted by molar-refractivity contribution is 9.10. The molecule has 9 heteroatoms. The summed E-state index contributed by atoms with van der Waals surface area (Å²) < 4.78 is 25.7. The number of aromatic nitrogens is 2. The van der Waals surface area contributed by atoms with Gasteiger partial charge in [-0.05, 0) is 59.1 Å². The minimum atomic E-state index is -0.223. The quantitative estimate of drug-likeness (QED) is 0.208. The Hall–Kier alpha value is -3.04. The molecule has 2 heterocycles. The molecule has 4 aromatic rings. The molecule has 0 fully saturated rings. The van der Waals surface area contributed by atoms with Crippen LogP contribution in [0.3, 0.4) is 0 Å². The van der Waals surface area contributed by atoms with Crippen molar-refractivity contribution in [2.45, 2.75) is 33.0 Å². The molecular formula is C26H27BrN2O5S. The topological polar surface area (TPSA) is 71.8 Å². The van der Waals surface area contributed by atoms with Crippen molar-refractivity contribution in [3.63, 3.8) is 0 Å². The van der Waals surface area contributed by atoms with Crippen LogP contribution >= 0.6 is 27.3 Å². The molecule has 0 saturated heterocycles. The summed E-state index contributed by atoms with van der Waals surface area (Å²) in [6.07, 6.45) is 0.813. The number of nitrogens with zero attached hydrogens (tertiary/aromatic N) is 2. The van der Waals surface area contributed by atoms with Crippen molar-refractivity contribution in [1.29, 1.82) is 0 Å². The molecule has 0 saturated carbocycles. The van der Waals surface area contributed by atoms with Gasteiger partial charge >= 0.3 is 5.97 Å². The molecule has 184 valence electrons. The third kappa shape index (κ3) is 6.35. The molecule has 0 aliphatic carbocycles. The van der Waals surface area contributed by atoms with E-state index in [0.717, 1.165) is 37.5 Å². The van der Waals surface area contributed by atoms with Crippen LogP contribution in [-0.4, -0.2) is 29.2 Å². The largest absolute Gasteiger partial charge is 0.497 e. The molecule has 4 rings (SSSR count). The number of carbonyl (C=O) groups is 1. The molecule has 35 heavy (non-hydrogen) atoms. The molecule has 0 aliphatic heterocycles. The van der Waals surface area contributed by atoms with Gasteiger partial charge in [0.15, 0.2) is 0 Å². The normalized spacial score (nSPS) is 11.0. The van der Waals surface area contributed by atoms with Crippen LogP contribution in [0.25, 0.3) is 11.0 Å². The van der Waals surface area contributed by atoms with Crippen molar-refractivity contribution in [3.8, 4) is 17.2 Å². The molecule has 0 bridgehead atoms. The van der Waals surface area contributed by atoms with Crippen LogP contribution in [0, 0.1) is 0 Å². The number of carbonyl (C=O) groups excluding carboxylic acids is 1. The Labute approximate surface area is 216 Å². The Bertz CT molecular complexity index is 1320. The van der Waals surface area contributed by atoms with Gasteiger partial charge in [-0.1, -0.05) is 6.07 Å². The highest BCUT2D eigenvalue weighted by atomic mass is 79.9. The molecular weight excluding hydrogens is 532 g/mol. The molecule has 0 aliphatic rings. The SMILES string of the molecule is CCOC(=O)CCc1ccc(OCc2nc3ccc(OC)cc3n2C)cc1OCc1cc(Br)cs1. The number of hydrogen-bond acceptors (Lipinski definition) is 7. The van der Waals surface area contributed by atoms with Crippen LogP contribution in [0.5, 0.6) is 17.2 Å². The van der Waals surface area contributed by atoms with E-state index in [1.165, 1.54) is 0 Å². The van der Waals surface area contributed by atoms with Crippen LogP contribution in [0.15, 0.2) is 52.3 Å². The fourth-order valence-electron chi connectivity index (χ4n) is 3.64. The Morgan fingerprint density at radius 3 is 2.66 bits per heavy atom. The zero-order valence-electron chi connectivity index (χ0n) is 19.9. The molecule has 0 unspecified atom stereocenters. The molecule has 2 aromatic heterocycles. The minimum absolute atomic E-state index is 0.223. The third-order valence-electron chi connectivity index (χ3n) is 5.48. The van der Waals surface area contributed by atoms with Crippen LogP contribution < -0.4 is 14.2 Å². The summed E-state index contributed by atoms with van der Waals surface area (Å²) in [6, 6.07) is 13.5. The average Bonchev–Trinajstić information content (AvgIpc) is 3.42. The van der Waals surface area contributed by atoms with Gasteiger partial charge in [0.05, 0.1) is 24.8 Å². The summed E-state index contributed by atoms with van der Waals surface area (Å²) >= 11 is 5.10. The van der Waals surface area contributed by atoms with Crippen molar-refractivity contribution >= 4 is 44.3 Å². The number of benzene rings is 2. The summed E-state index contributed by atoms with van der Waals surface area (Å²) in [5.74, 6) is 2.71. The fraction of sp³-hybridized carbons (Fsp3) is 0.308. The number of hydrogen-bond donors (Lipinski definition) is 0. The van der Waals surface area contributed by atoms with E-state index in [9.17, 15) is 4.79 Å². The number of aryl methyl sites for hydroxylation is 2. The van der Waals surface area contributed by atoms with Crippen LogP contribution in [0.4, 0.5) is 0 Å². The van der Waals surface area contributed by atoms with Gasteiger partial charge in [0.1, 0.15) is 36.3 Å². The lowest BCUT2D eigenvalue weighted by molar-refractivity contribution is -0.143. The van der Waals surface area contributed by atoms with Gasteiger partial charge in [-0.2, -0.15) is 0 Å². The zero-order chi connectivity index (χ0) is 24.8. The van der Waals surface area contributed by atoms with Crippen LogP contribution in [0.1, 0.15) is 29.6 Å². The summed E-state index contributed by atoms with van der Waals surface area (Å²) in [6.45, 7) is 2.90. The molecule has 0 atom stereocenters. The van der Waals surface area contributed by atoms with Crippen molar-refractivity contribution < 1.29 is 23.7 Å². The molecule has 0 spiro atoms. The fourth-order valence-corrected chi connectivity index (χ4v) is 5.00. The first-order valence-corrected chi connectivity index (χ1v) is 12.9. The second-order valence-electron chi connectivity index (χ2n) is 7.82. The summed E-state index contributed by atoms with van der Waals surface area (Å²) in [7, 11) is 3.61. The first kappa shape index (κ1) is 25.1. The maximum atomic E-state index is 11.9. The van der Waals surface area contributed by atoms with Gasteiger partial charge in [0.2, 0.25) is 0 Å². The van der Waals surface area contributed by atoms with Gasteiger partial charge in [-0.15, -0.1) is 11.3 Å². The predicted octanol–water partition coefficient (Wildman–Crippen LogP) is 6.06. The van der Waals surface area contributed by atoms with E-state index in [-0.39, 0.29) is 12.4 Å². The number of fused-ring (bicyclic) bond motifs is 1. The van der Waals surface area contributed by atoms with E-state index in [0.29, 0.717) is 37.7 Å². The van der Waals surface area contributed by atoms with Crippen molar-refractivity contribution in [2.24, 2.45) is 7.05 Å². The molecule has 0 radical (unpaired) electrons. The van der Waals surface area contributed by atoms with Crippen molar-refractivity contribution in [1.82, 2.24) is 9.55 Å². The van der Waals surface area contributed by atoms with E-state index < -0.39 is 0 Å². The van der Waals surface area contributed by atoms with Gasteiger partial charge in [0.25, 0.3) is 0 Å². The van der Waals surface area contributed by atoms with Gasteiger partial charge in [-0.3, -0.25) is 4.79 Å². The summed E-state index contributed by atoms with van der Waals surface area (Å²) in [4.78, 5) is 17.7. The van der Waals surface area contributed by atoms with Crippen LogP contribution in [-0.2, 0) is 36.2 Å². The highest BCUT2D eigenvalue weighted by Crippen LogP contribution is 2.29. The maximum absolute atomic E-state index is 11.9. The molecule has 0 N–H and O–H groups in total. The number of thiophene rings is 1. The monoisotopic (exact) mass is 558 g/mol. The van der Waals surface area contributed by atoms with Crippen molar-refractivity contribution in [2.75, 3.05) is 13.7 Å². The Kier molecular flexibility index (Phi) is 8.30. The lowest BCUT2D eigenvalue weighted by Gasteiger charge is -2.14. The lowest BCUT2D eigenvalue weighted by atomic mass is 10.1. The van der Waals surface area contributed by atoms with E-state index >= 15 is 0 Å². The van der Waals surface area contributed by atoms with Gasteiger partial charge in [-0.25, -0.2) is 4.98 Å². The Balaban J connectivity index is 1.50. The Morgan fingerprint density at radius 2 is 1.91 bits per heavy atom. The number of esters is 1. The zero-order valence-corrected chi connectivity index (χ0v) is 22.3. The van der Waals surface area contributed by atoms with E-state index in [2.05, 4.69) is 20.9 Å². The van der Waals surface area contributed by atoms with Gasteiger partial charge < -0.3 is 23.5 Å². The standard InChI is InChI=1S/C26H27BrN2O5S/c1-4-32-26(30)10-6-17-5-7-20(13-24(17)34-14-21-11-18(27)16-35-21)33-15-25-28-22-9-8-19(31-3)12-23(22)29(25)2/h5,7-9,11-13,16H,4,6,10,14-15H2,1-3H3. The first-order valence-electron chi connectivity index (χ1n) is 11.2. The van der Waals surface area contributed by atoms with E-state index in [1.54, 1.807) is 25.4 Å². The number of methoxy groups -OCH3 is 1. The number of rotatable bonds is 11. The third-order valence-corrected chi connectivity index (χ3v) is 7.15. The second-order valence-corrected chi connectivity index (χ2v) is 9.74. The van der Waals surface area contributed by atoms with E-state index in [4.69, 9.17) is 18.9 Å². The molecule has 0 amide bonds. The van der Waals surface area contributed by atoms with Crippen LogP contribution in [0.2, 0.25) is 0 Å². The second kappa shape index (κ2) is 11.6. The number of ether oxygens (including phenoxy) is 4. The first-order chi connectivity index (χ1) is 17.0. The number of imidazole rings is 1. The Morgan fingerprint density at radius 1 is 1.09 bits per heavy atom. The maximum Gasteiger partial charge on any atom is 0.306 e. The smallest absolute Gasteiger partial charge is 0.306 e. The van der Waals surface area contributed by atoms with Gasteiger partial charge in [0, 0.05) is 40.3 Å². The minimum Gasteiger partial charge on any atom is -0.497 e. The predicted molar refractivity (Wildman–Crippen MR) is 139 cm³/mol.